The molecular formula is C17H21ClN4O2. The normalized spacial score (nSPS) is 18.5. The zero-order valence-corrected chi connectivity index (χ0v) is 14.4. The van der Waals surface area contributed by atoms with Crippen molar-refractivity contribution in [1.29, 1.82) is 0 Å². The quantitative estimate of drug-likeness (QED) is 0.891. The largest absolute Gasteiger partial charge is 0.380 e. The Hall–Kier alpha value is -1.89. The van der Waals surface area contributed by atoms with Gasteiger partial charge in [0.15, 0.2) is 0 Å². The second-order valence-corrected chi connectivity index (χ2v) is 6.33. The van der Waals surface area contributed by atoms with Gasteiger partial charge in [-0.2, -0.15) is 5.10 Å². The van der Waals surface area contributed by atoms with E-state index in [1.54, 1.807) is 6.20 Å². The summed E-state index contributed by atoms with van der Waals surface area (Å²) in [5, 5.41) is 7.55. The summed E-state index contributed by atoms with van der Waals surface area (Å²) in [7, 11) is 2.06. The van der Waals surface area contributed by atoms with E-state index in [-0.39, 0.29) is 16.7 Å². The van der Waals surface area contributed by atoms with Crippen LogP contribution in [0, 0.1) is 0 Å². The fraction of sp³-hybridized carbons (Fsp3) is 0.412. The number of ether oxygens (including phenoxy) is 1. The van der Waals surface area contributed by atoms with E-state index in [2.05, 4.69) is 22.4 Å². The van der Waals surface area contributed by atoms with E-state index in [4.69, 9.17) is 16.3 Å². The van der Waals surface area contributed by atoms with Crippen LogP contribution in [0.2, 0.25) is 5.02 Å². The first-order valence-corrected chi connectivity index (χ1v) is 8.35. The highest BCUT2D eigenvalue weighted by Crippen LogP contribution is 2.16. The molecule has 24 heavy (non-hydrogen) atoms. The Morgan fingerprint density at radius 3 is 2.92 bits per heavy atom. The first kappa shape index (κ1) is 17.0. The highest BCUT2D eigenvalue weighted by atomic mass is 35.5. The van der Waals surface area contributed by atoms with Crippen LogP contribution in [0.25, 0.3) is 0 Å². The van der Waals surface area contributed by atoms with Crippen molar-refractivity contribution in [3.8, 4) is 0 Å². The third-order valence-electron chi connectivity index (χ3n) is 4.02. The standard InChI is InChI=1S/C17H21ClN4O2/c1-21-7-8-24-14(12-21)9-19-15-10-20-22(17(23)16(15)18)11-13-5-3-2-4-6-13/h2-6,10,14,19H,7-9,11-12H2,1H3. The molecule has 0 amide bonds. The van der Waals surface area contributed by atoms with E-state index in [9.17, 15) is 4.79 Å². The van der Waals surface area contributed by atoms with Crippen molar-refractivity contribution < 1.29 is 4.74 Å². The van der Waals surface area contributed by atoms with Crippen LogP contribution in [0.1, 0.15) is 5.56 Å². The Kier molecular flexibility index (Phi) is 5.50. The summed E-state index contributed by atoms with van der Waals surface area (Å²) in [5.41, 5.74) is 1.25. The minimum atomic E-state index is -0.299. The van der Waals surface area contributed by atoms with Gasteiger partial charge in [0.1, 0.15) is 5.02 Å². The lowest BCUT2D eigenvalue weighted by Crippen LogP contribution is -2.43. The molecule has 1 aromatic heterocycles. The molecule has 7 heteroatoms. The van der Waals surface area contributed by atoms with Gasteiger partial charge in [-0.1, -0.05) is 41.9 Å². The van der Waals surface area contributed by atoms with Crippen LogP contribution in [0.4, 0.5) is 5.69 Å². The fourth-order valence-electron chi connectivity index (χ4n) is 2.67. The van der Waals surface area contributed by atoms with Gasteiger partial charge in [-0.15, -0.1) is 0 Å². The first-order chi connectivity index (χ1) is 11.6. The van der Waals surface area contributed by atoms with Gasteiger partial charge in [-0.05, 0) is 12.6 Å². The zero-order chi connectivity index (χ0) is 16.9. The van der Waals surface area contributed by atoms with Crippen LogP contribution < -0.4 is 10.9 Å². The molecule has 1 unspecified atom stereocenters. The molecule has 1 saturated heterocycles. The topological polar surface area (TPSA) is 59.4 Å². The molecule has 0 aliphatic carbocycles. The van der Waals surface area contributed by atoms with Gasteiger partial charge in [-0.25, -0.2) is 4.68 Å². The van der Waals surface area contributed by atoms with Crippen LogP contribution in [-0.4, -0.2) is 54.1 Å². The lowest BCUT2D eigenvalue weighted by atomic mass is 10.2. The average molecular weight is 349 g/mol. The number of likely N-dealkylation sites (N-methyl/N-ethyl adjacent to an activating group) is 1. The third-order valence-corrected chi connectivity index (χ3v) is 4.39. The molecule has 1 aromatic carbocycles. The third kappa shape index (κ3) is 4.14. The molecule has 2 heterocycles. The summed E-state index contributed by atoms with van der Waals surface area (Å²) < 4.78 is 7.06. The fourth-order valence-corrected chi connectivity index (χ4v) is 2.88. The Labute approximate surface area is 146 Å². The van der Waals surface area contributed by atoms with Crippen molar-refractivity contribution in [3.05, 3.63) is 57.5 Å². The van der Waals surface area contributed by atoms with Gasteiger partial charge in [0.2, 0.25) is 0 Å². The molecule has 1 N–H and O–H groups in total. The predicted octanol–water partition coefficient (Wildman–Crippen LogP) is 1.69. The molecular weight excluding hydrogens is 328 g/mol. The molecule has 1 aliphatic heterocycles. The van der Waals surface area contributed by atoms with Gasteiger partial charge >= 0.3 is 0 Å². The Balaban J connectivity index is 1.67. The van der Waals surface area contributed by atoms with Crippen molar-refractivity contribution in [2.75, 3.05) is 38.6 Å². The van der Waals surface area contributed by atoms with Gasteiger partial charge in [0, 0.05) is 19.6 Å². The number of hydrogen-bond donors (Lipinski definition) is 1. The number of hydrogen-bond acceptors (Lipinski definition) is 5. The SMILES string of the molecule is CN1CCOC(CNc2cnn(Cc3ccccc3)c(=O)c2Cl)C1. The zero-order valence-electron chi connectivity index (χ0n) is 13.6. The summed E-state index contributed by atoms with van der Waals surface area (Å²) in [6.45, 7) is 3.50. The maximum absolute atomic E-state index is 12.4. The minimum Gasteiger partial charge on any atom is -0.380 e. The van der Waals surface area contributed by atoms with E-state index in [1.165, 1.54) is 4.68 Å². The van der Waals surface area contributed by atoms with Crippen LogP contribution in [0.3, 0.4) is 0 Å². The van der Waals surface area contributed by atoms with Gasteiger partial charge in [0.05, 0.1) is 31.1 Å². The molecule has 1 fully saturated rings. The lowest BCUT2D eigenvalue weighted by molar-refractivity contribution is -0.0117. The maximum Gasteiger partial charge on any atom is 0.287 e. The number of nitrogens with zero attached hydrogens (tertiary/aromatic N) is 3. The summed E-state index contributed by atoms with van der Waals surface area (Å²) >= 11 is 6.22. The van der Waals surface area contributed by atoms with E-state index < -0.39 is 0 Å². The number of rotatable bonds is 5. The number of nitrogens with one attached hydrogen (secondary N) is 1. The monoisotopic (exact) mass is 348 g/mol. The molecule has 0 saturated carbocycles. The lowest BCUT2D eigenvalue weighted by Gasteiger charge is -2.30. The van der Waals surface area contributed by atoms with Crippen LogP contribution in [0.5, 0.6) is 0 Å². The highest BCUT2D eigenvalue weighted by Gasteiger charge is 2.18. The molecule has 3 rings (SSSR count). The van der Waals surface area contributed by atoms with Gasteiger partial charge < -0.3 is 15.0 Å². The summed E-state index contributed by atoms with van der Waals surface area (Å²) in [5.74, 6) is 0. The Morgan fingerprint density at radius 1 is 1.38 bits per heavy atom. The van der Waals surface area contributed by atoms with E-state index >= 15 is 0 Å². The van der Waals surface area contributed by atoms with Gasteiger partial charge in [-0.3, -0.25) is 4.79 Å². The van der Waals surface area contributed by atoms with E-state index in [0.717, 1.165) is 18.7 Å². The minimum absolute atomic E-state index is 0.0755. The Morgan fingerprint density at radius 2 is 2.17 bits per heavy atom. The number of benzene rings is 1. The second kappa shape index (κ2) is 7.79. The van der Waals surface area contributed by atoms with E-state index in [1.807, 2.05) is 30.3 Å². The molecule has 0 radical (unpaired) electrons. The number of anilines is 1. The number of morpholine rings is 1. The van der Waals surface area contributed by atoms with Gasteiger partial charge in [0.25, 0.3) is 5.56 Å². The van der Waals surface area contributed by atoms with Crippen LogP contribution >= 0.6 is 11.6 Å². The first-order valence-electron chi connectivity index (χ1n) is 7.97. The molecule has 0 bridgehead atoms. The van der Waals surface area contributed by atoms with E-state index in [0.29, 0.717) is 25.4 Å². The number of aromatic nitrogens is 2. The molecule has 0 spiro atoms. The smallest absolute Gasteiger partial charge is 0.287 e. The van der Waals surface area contributed by atoms with Crippen molar-refractivity contribution >= 4 is 17.3 Å². The van der Waals surface area contributed by atoms with Crippen LogP contribution in [0.15, 0.2) is 41.3 Å². The van der Waals surface area contributed by atoms with Crippen molar-refractivity contribution in [1.82, 2.24) is 14.7 Å². The molecule has 6 nitrogen and oxygen atoms in total. The van der Waals surface area contributed by atoms with Crippen molar-refractivity contribution in [3.63, 3.8) is 0 Å². The summed E-state index contributed by atoms with van der Waals surface area (Å²) in [6, 6.07) is 9.69. The summed E-state index contributed by atoms with van der Waals surface area (Å²) in [6.07, 6.45) is 1.67. The Bertz CT molecular complexity index is 735. The maximum atomic E-state index is 12.4. The van der Waals surface area contributed by atoms with Crippen LogP contribution in [-0.2, 0) is 11.3 Å². The summed E-state index contributed by atoms with van der Waals surface area (Å²) in [4.78, 5) is 14.6. The molecule has 1 atom stereocenters. The predicted molar refractivity (Wildman–Crippen MR) is 94.8 cm³/mol. The molecule has 2 aromatic rings. The van der Waals surface area contributed by atoms with Crippen molar-refractivity contribution in [2.24, 2.45) is 0 Å². The molecule has 1 aliphatic rings. The van der Waals surface area contributed by atoms with Crippen molar-refractivity contribution in [2.45, 2.75) is 12.6 Å². The highest BCUT2D eigenvalue weighted by molar-refractivity contribution is 6.32. The second-order valence-electron chi connectivity index (χ2n) is 5.96. The molecule has 128 valence electrons. The average Bonchev–Trinajstić information content (AvgIpc) is 2.59. The number of halogens is 1.